The van der Waals surface area contributed by atoms with Crippen molar-refractivity contribution < 1.29 is 9.53 Å². The lowest BCUT2D eigenvalue weighted by Gasteiger charge is -2.36. The monoisotopic (exact) mass is 381 g/mol. The lowest BCUT2D eigenvalue weighted by atomic mass is 10.2. The summed E-state index contributed by atoms with van der Waals surface area (Å²) in [6.45, 7) is 9.92. The summed E-state index contributed by atoms with van der Waals surface area (Å²) in [5.74, 6) is 0.619. The van der Waals surface area contributed by atoms with Gasteiger partial charge in [0.15, 0.2) is 0 Å². The summed E-state index contributed by atoms with van der Waals surface area (Å²) in [4.78, 5) is 28.5. The minimum atomic E-state index is -0.0103. The van der Waals surface area contributed by atoms with Gasteiger partial charge in [0.1, 0.15) is 5.69 Å². The van der Waals surface area contributed by atoms with E-state index in [-0.39, 0.29) is 5.91 Å². The molecule has 7 heteroatoms. The molecule has 0 atom stereocenters. The van der Waals surface area contributed by atoms with Gasteiger partial charge in [-0.3, -0.25) is 4.79 Å². The van der Waals surface area contributed by atoms with Crippen molar-refractivity contribution in [2.24, 2.45) is 0 Å². The molecule has 2 saturated heterocycles. The van der Waals surface area contributed by atoms with E-state index >= 15 is 0 Å². The van der Waals surface area contributed by atoms with Crippen molar-refractivity contribution in [2.45, 2.75) is 13.8 Å². The maximum atomic E-state index is 13.1. The van der Waals surface area contributed by atoms with Crippen LogP contribution in [-0.2, 0) is 4.74 Å². The third kappa shape index (κ3) is 4.09. The number of carbonyl (C=O) groups is 1. The molecule has 2 aliphatic heterocycles. The second kappa shape index (κ2) is 8.14. The number of ether oxygens (including phenoxy) is 1. The van der Waals surface area contributed by atoms with Gasteiger partial charge in [0.25, 0.3) is 5.91 Å². The van der Waals surface area contributed by atoms with Gasteiger partial charge in [0, 0.05) is 50.6 Å². The summed E-state index contributed by atoms with van der Waals surface area (Å²) in [5.41, 5.74) is 3.78. The van der Waals surface area contributed by atoms with E-state index < -0.39 is 0 Å². The molecule has 7 nitrogen and oxygen atoms in total. The fraction of sp³-hybridized carbons (Fsp3) is 0.476. The maximum Gasteiger partial charge on any atom is 0.272 e. The molecule has 2 aromatic rings. The van der Waals surface area contributed by atoms with Gasteiger partial charge in [-0.1, -0.05) is 12.1 Å². The molecule has 0 radical (unpaired) electrons. The number of morpholine rings is 1. The number of aromatic nitrogens is 2. The molecule has 0 N–H and O–H groups in total. The Balaban J connectivity index is 1.44. The van der Waals surface area contributed by atoms with Crippen LogP contribution in [0.4, 0.5) is 11.6 Å². The highest BCUT2D eigenvalue weighted by Crippen LogP contribution is 2.19. The topological polar surface area (TPSA) is 61.8 Å². The number of carbonyl (C=O) groups excluding carboxylic acids is 1. The summed E-state index contributed by atoms with van der Waals surface area (Å²) < 4.78 is 5.40. The van der Waals surface area contributed by atoms with Crippen LogP contribution >= 0.6 is 0 Å². The Bertz CT molecular complexity index is 842. The molecule has 0 spiro atoms. The first kappa shape index (κ1) is 18.7. The zero-order chi connectivity index (χ0) is 19.5. The SMILES string of the molecule is Cc1cccc(N2CCN(C(=O)c3cc(C)nc(N4CCOCC4)n3)CC2)c1. The minimum Gasteiger partial charge on any atom is -0.378 e. The number of hydrogen-bond donors (Lipinski definition) is 0. The first-order chi connectivity index (χ1) is 13.6. The predicted molar refractivity (Wildman–Crippen MR) is 109 cm³/mol. The smallest absolute Gasteiger partial charge is 0.272 e. The minimum absolute atomic E-state index is 0.0103. The van der Waals surface area contributed by atoms with Crippen LogP contribution in [0.25, 0.3) is 0 Å². The van der Waals surface area contributed by atoms with Crippen molar-refractivity contribution in [2.75, 3.05) is 62.3 Å². The second-order valence-electron chi connectivity index (χ2n) is 7.41. The number of piperazine rings is 1. The maximum absolute atomic E-state index is 13.1. The standard InChI is InChI=1S/C21H27N5O2/c1-16-4-3-5-18(14-16)24-6-8-25(9-7-24)20(27)19-15-17(2)22-21(23-19)26-10-12-28-13-11-26/h3-5,14-15H,6-13H2,1-2H3. The third-order valence-corrected chi connectivity index (χ3v) is 5.29. The van der Waals surface area contributed by atoms with Crippen LogP contribution in [0.1, 0.15) is 21.7 Å². The molecule has 0 aliphatic carbocycles. The van der Waals surface area contributed by atoms with Crippen molar-refractivity contribution in [3.8, 4) is 0 Å². The van der Waals surface area contributed by atoms with E-state index in [1.165, 1.54) is 11.3 Å². The zero-order valence-corrected chi connectivity index (χ0v) is 16.6. The number of benzene rings is 1. The number of amides is 1. The van der Waals surface area contributed by atoms with Gasteiger partial charge in [0.2, 0.25) is 5.95 Å². The van der Waals surface area contributed by atoms with Crippen molar-refractivity contribution >= 4 is 17.5 Å². The Kier molecular flexibility index (Phi) is 5.43. The lowest BCUT2D eigenvalue weighted by Crippen LogP contribution is -2.49. The summed E-state index contributed by atoms with van der Waals surface area (Å²) in [6, 6.07) is 10.3. The average molecular weight is 381 g/mol. The number of rotatable bonds is 3. The van der Waals surface area contributed by atoms with Gasteiger partial charge in [-0.2, -0.15) is 0 Å². The molecular weight excluding hydrogens is 354 g/mol. The van der Waals surface area contributed by atoms with Gasteiger partial charge in [-0.15, -0.1) is 0 Å². The molecule has 0 saturated carbocycles. The lowest BCUT2D eigenvalue weighted by molar-refractivity contribution is 0.0740. The van der Waals surface area contributed by atoms with E-state index in [1.807, 2.05) is 11.8 Å². The molecule has 3 heterocycles. The highest BCUT2D eigenvalue weighted by molar-refractivity contribution is 5.93. The van der Waals surface area contributed by atoms with Crippen LogP contribution in [0, 0.1) is 13.8 Å². The predicted octanol–water partition coefficient (Wildman–Crippen LogP) is 1.89. The summed E-state index contributed by atoms with van der Waals surface area (Å²) in [5, 5.41) is 0. The van der Waals surface area contributed by atoms with E-state index in [0.717, 1.165) is 31.9 Å². The molecule has 148 valence electrons. The summed E-state index contributed by atoms with van der Waals surface area (Å²) >= 11 is 0. The van der Waals surface area contributed by atoms with E-state index in [2.05, 4.69) is 51.0 Å². The molecule has 0 unspecified atom stereocenters. The summed E-state index contributed by atoms with van der Waals surface area (Å²) in [6.07, 6.45) is 0. The Morgan fingerprint density at radius 1 is 0.929 bits per heavy atom. The van der Waals surface area contributed by atoms with E-state index in [0.29, 0.717) is 37.9 Å². The first-order valence-corrected chi connectivity index (χ1v) is 9.89. The van der Waals surface area contributed by atoms with E-state index in [9.17, 15) is 4.79 Å². The van der Waals surface area contributed by atoms with Crippen molar-refractivity contribution in [3.63, 3.8) is 0 Å². The fourth-order valence-electron chi connectivity index (χ4n) is 3.72. The van der Waals surface area contributed by atoms with Crippen molar-refractivity contribution in [1.29, 1.82) is 0 Å². The Hall–Kier alpha value is -2.67. The number of aryl methyl sites for hydroxylation is 2. The molecule has 4 rings (SSSR count). The molecule has 1 aromatic carbocycles. The Morgan fingerprint density at radius 3 is 2.39 bits per heavy atom. The molecular formula is C21H27N5O2. The normalized spacial score (nSPS) is 17.7. The number of hydrogen-bond acceptors (Lipinski definition) is 6. The van der Waals surface area contributed by atoms with E-state index in [4.69, 9.17) is 4.74 Å². The number of nitrogens with zero attached hydrogens (tertiary/aromatic N) is 5. The van der Waals surface area contributed by atoms with Crippen LogP contribution in [0.3, 0.4) is 0 Å². The van der Waals surface area contributed by atoms with E-state index in [1.54, 1.807) is 6.07 Å². The Labute approximate surface area is 165 Å². The highest BCUT2D eigenvalue weighted by Gasteiger charge is 2.25. The third-order valence-electron chi connectivity index (χ3n) is 5.29. The fourth-order valence-corrected chi connectivity index (χ4v) is 3.72. The van der Waals surface area contributed by atoms with Gasteiger partial charge < -0.3 is 19.4 Å². The number of anilines is 2. The highest BCUT2D eigenvalue weighted by atomic mass is 16.5. The van der Waals surface area contributed by atoms with Crippen molar-refractivity contribution in [1.82, 2.24) is 14.9 Å². The first-order valence-electron chi connectivity index (χ1n) is 9.89. The van der Waals surface area contributed by atoms with Gasteiger partial charge in [-0.05, 0) is 37.6 Å². The van der Waals surface area contributed by atoms with Gasteiger partial charge in [0.05, 0.1) is 13.2 Å². The second-order valence-corrected chi connectivity index (χ2v) is 7.41. The average Bonchev–Trinajstić information content (AvgIpc) is 2.73. The molecule has 1 aromatic heterocycles. The van der Waals surface area contributed by atoms with Crippen LogP contribution in [0.15, 0.2) is 30.3 Å². The Morgan fingerprint density at radius 2 is 1.68 bits per heavy atom. The molecule has 0 bridgehead atoms. The van der Waals surface area contributed by atoms with Crippen LogP contribution in [-0.4, -0.2) is 73.3 Å². The molecule has 28 heavy (non-hydrogen) atoms. The quantitative estimate of drug-likeness (QED) is 0.809. The van der Waals surface area contributed by atoms with Crippen LogP contribution < -0.4 is 9.80 Å². The van der Waals surface area contributed by atoms with Crippen LogP contribution in [0.2, 0.25) is 0 Å². The largest absolute Gasteiger partial charge is 0.378 e. The zero-order valence-electron chi connectivity index (χ0n) is 16.6. The van der Waals surface area contributed by atoms with Gasteiger partial charge >= 0.3 is 0 Å². The summed E-state index contributed by atoms with van der Waals surface area (Å²) in [7, 11) is 0. The van der Waals surface area contributed by atoms with Crippen molar-refractivity contribution in [3.05, 3.63) is 47.3 Å². The molecule has 2 aliphatic rings. The molecule has 1 amide bonds. The molecule has 2 fully saturated rings. The van der Waals surface area contributed by atoms with Gasteiger partial charge in [-0.25, -0.2) is 9.97 Å². The van der Waals surface area contributed by atoms with Crippen LogP contribution in [0.5, 0.6) is 0 Å².